The second-order valence-electron chi connectivity index (χ2n) is 5.79. The van der Waals surface area contributed by atoms with E-state index in [2.05, 4.69) is 17.2 Å². The molecule has 0 saturated heterocycles. The largest absolute Gasteiger partial charge is 0.444 e. The molecule has 4 heteroatoms. The second kappa shape index (κ2) is 7.70. The molecule has 114 valence electrons. The molecule has 1 amide bonds. The quantitative estimate of drug-likeness (QED) is 0.661. The number of aryl methyl sites for hydroxylation is 1. The third kappa shape index (κ3) is 6.82. The molecule has 0 bridgehead atoms. The molecule has 0 aliphatic carbocycles. The van der Waals surface area contributed by atoms with E-state index in [0.29, 0.717) is 18.5 Å². The van der Waals surface area contributed by atoms with E-state index in [-0.39, 0.29) is 6.61 Å². The molecule has 0 radical (unpaired) electrons. The maximum absolute atomic E-state index is 11.7. The molecule has 0 unspecified atom stereocenters. The molecular weight excluding hydrogens is 266 g/mol. The lowest BCUT2D eigenvalue weighted by Crippen LogP contribution is -2.27. The summed E-state index contributed by atoms with van der Waals surface area (Å²) < 4.78 is 5.21. The fourth-order valence-electron chi connectivity index (χ4n) is 1.58. The maximum Gasteiger partial charge on any atom is 0.412 e. The minimum absolute atomic E-state index is 0.147. The van der Waals surface area contributed by atoms with Crippen molar-refractivity contribution in [2.75, 3.05) is 11.9 Å². The first-order chi connectivity index (χ1) is 9.81. The minimum Gasteiger partial charge on any atom is -0.444 e. The van der Waals surface area contributed by atoms with Gasteiger partial charge in [0, 0.05) is 24.3 Å². The molecule has 0 saturated carbocycles. The molecular formula is C17H23NO3. The van der Waals surface area contributed by atoms with E-state index in [1.165, 1.54) is 0 Å². The summed E-state index contributed by atoms with van der Waals surface area (Å²) in [6.45, 7) is 7.57. The Bertz CT molecular complexity index is 547. The van der Waals surface area contributed by atoms with Gasteiger partial charge in [-0.3, -0.25) is 5.32 Å². The van der Waals surface area contributed by atoms with Crippen LogP contribution in [0.15, 0.2) is 18.2 Å². The number of carbonyl (C=O) groups is 1. The first kappa shape index (κ1) is 17.1. The van der Waals surface area contributed by atoms with Crippen LogP contribution in [0.3, 0.4) is 0 Å². The highest BCUT2D eigenvalue weighted by Crippen LogP contribution is 2.16. The summed E-state index contributed by atoms with van der Waals surface area (Å²) in [6.07, 6.45) is 0.840. The van der Waals surface area contributed by atoms with Gasteiger partial charge in [0.15, 0.2) is 0 Å². The molecule has 21 heavy (non-hydrogen) atoms. The van der Waals surface area contributed by atoms with Crippen LogP contribution in [-0.4, -0.2) is 23.4 Å². The molecule has 0 aliphatic rings. The van der Waals surface area contributed by atoms with E-state index in [1.807, 2.05) is 45.9 Å². The first-order valence-electron chi connectivity index (χ1n) is 7.02. The Morgan fingerprint density at radius 2 is 2.10 bits per heavy atom. The molecule has 2 N–H and O–H groups in total. The Morgan fingerprint density at radius 3 is 2.71 bits per heavy atom. The zero-order chi connectivity index (χ0) is 15.9. The summed E-state index contributed by atoms with van der Waals surface area (Å²) in [6, 6.07) is 5.55. The van der Waals surface area contributed by atoms with Crippen molar-refractivity contribution in [1.29, 1.82) is 0 Å². The minimum atomic E-state index is -0.526. The van der Waals surface area contributed by atoms with Gasteiger partial charge in [-0.1, -0.05) is 17.9 Å². The zero-order valence-corrected chi connectivity index (χ0v) is 13.1. The van der Waals surface area contributed by atoms with Crippen molar-refractivity contribution in [3.8, 4) is 11.8 Å². The standard InChI is InChI=1S/C17H23NO3/c1-13-9-10-15(18-16(20)21-17(2,3)4)12-14(13)8-6-5-7-11-19/h9-10,12,19H,5,7,11H2,1-4H3,(H,18,20). The predicted octanol–water partition coefficient (Wildman–Crippen LogP) is 3.47. The van der Waals surface area contributed by atoms with Crippen molar-refractivity contribution < 1.29 is 14.6 Å². The normalized spacial score (nSPS) is 10.5. The maximum atomic E-state index is 11.7. The lowest BCUT2D eigenvalue weighted by atomic mass is 10.1. The van der Waals surface area contributed by atoms with E-state index < -0.39 is 11.7 Å². The Labute approximate surface area is 126 Å². The van der Waals surface area contributed by atoms with Gasteiger partial charge < -0.3 is 9.84 Å². The zero-order valence-electron chi connectivity index (χ0n) is 13.1. The van der Waals surface area contributed by atoms with Crippen molar-refractivity contribution in [2.24, 2.45) is 0 Å². The van der Waals surface area contributed by atoms with Gasteiger partial charge in [-0.2, -0.15) is 0 Å². The van der Waals surface area contributed by atoms with Crippen molar-refractivity contribution in [3.63, 3.8) is 0 Å². The van der Waals surface area contributed by atoms with E-state index in [4.69, 9.17) is 9.84 Å². The fourth-order valence-corrected chi connectivity index (χ4v) is 1.58. The summed E-state index contributed by atoms with van der Waals surface area (Å²) in [5.74, 6) is 6.06. The molecule has 1 aromatic rings. The number of aliphatic hydroxyl groups excluding tert-OH is 1. The monoisotopic (exact) mass is 289 g/mol. The number of carbonyl (C=O) groups excluding carboxylic acids is 1. The van der Waals surface area contributed by atoms with Gasteiger partial charge in [0.25, 0.3) is 0 Å². The summed E-state index contributed by atoms with van der Waals surface area (Å²) in [4.78, 5) is 11.7. The molecule has 0 aliphatic heterocycles. The SMILES string of the molecule is Cc1ccc(NC(=O)OC(C)(C)C)cc1C#CCCCO. The van der Waals surface area contributed by atoms with Crippen LogP contribution < -0.4 is 5.32 Å². The van der Waals surface area contributed by atoms with Crippen LogP contribution in [-0.2, 0) is 4.74 Å². The highest BCUT2D eigenvalue weighted by atomic mass is 16.6. The highest BCUT2D eigenvalue weighted by molar-refractivity contribution is 5.85. The second-order valence-corrected chi connectivity index (χ2v) is 5.79. The number of hydrogen-bond donors (Lipinski definition) is 2. The van der Waals surface area contributed by atoms with E-state index in [1.54, 1.807) is 0 Å². The molecule has 4 nitrogen and oxygen atoms in total. The van der Waals surface area contributed by atoms with Crippen molar-refractivity contribution in [3.05, 3.63) is 29.3 Å². The van der Waals surface area contributed by atoms with Gasteiger partial charge >= 0.3 is 6.09 Å². The van der Waals surface area contributed by atoms with Crippen LogP contribution >= 0.6 is 0 Å². The Morgan fingerprint density at radius 1 is 1.38 bits per heavy atom. The number of amides is 1. The number of hydrogen-bond acceptors (Lipinski definition) is 3. The number of ether oxygens (including phenoxy) is 1. The molecule has 0 atom stereocenters. The molecule has 0 fully saturated rings. The lowest BCUT2D eigenvalue weighted by molar-refractivity contribution is 0.0636. The van der Waals surface area contributed by atoms with Crippen molar-refractivity contribution in [1.82, 2.24) is 0 Å². The Hall–Kier alpha value is -1.99. The molecule has 1 rings (SSSR count). The summed E-state index contributed by atoms with van der Waals surface area (Å²) in [7, 11) is 0. The van der Waals surface area contributed by atoms with Gasteiger partial charge in [-0.25, -0.2) is 4.79 Å². The number of aliphatic hydroxyl groups is 1. The van der Waals surface area contributed by atoms with Crippen LogP contribution in [0.5, 0.6) is 0 Å². The Kier molecular flexibility index (Phi) is 6.26. The Balaban J connectivity index is 2.76. The summed E-state index contributed by atoms with van der Waals surface area (Å²) >= 11 is 0. The van der Waals surface area contributed by atoms with Crippen LogP contribution in [0, 0.1) is 18.8 Å². The molecule has 0 aromatic heterocycles. The number of nitrogens with one attached hydrogen (secondary N) is 1. The van der Waals surface area contributed by atoms with Gasteiger partial charge in [0.2, 0.25) is 0 Å². The van der Waals surface area contributed by atoms with Crippen molar-refractivity contribution >= 4 is 11.8 Å². The van der Waals surface area contributed by atoms with E-state index in [0.717, 1.165) is 11.1 Å². The number of rotatable bonds is 3. The third-order valence-corrected chi connectivity index (χ3v) is 2.57. The molecule has 0 spiro atoms. The van der Waals surface area contributed by atoms with Crippen LogP contribution in [0.4, 0.5) is 10.5 Å². The highest BCUT2D eigenvalue weighted by Gasteiger charge is 2.16. The van der Waals surface area contributed by atoms with Crippen molar-refractivity contribution in [2.45, 2.75) is 46.1 Å². The average Bonchev–Trinajstić information content (AvgIpc) is 2.36. The third-order valence-electron chi connectivity index (χ3n) is 2.57. The van der Waals surface area contributed by atoms with Crippen LogP contribution in [0.25, 0.3) is 0 Å². The first-order valence-corrected chi connectivity index (χ1v) is 7.02. The number of unbranched alkanes of at least 4 members (excludes halogenated alkanes) is 1. The average molecular weight is 289 g/mol. The van der Waals surface area contributed by atoms with Crippen LogP contribution in [0.1, 0.15) is 44.7 Å². The summed E-state index contributed by atoms with van der Waals surface area (Å²) in [5, 5.41) is 11.4. The smallest absolute Gasteiger partial charge is 0.412 e. The van der Waals surface area contributed by atoms with E-state index in [9.17, 15) is 4.79 Å². The molecule has 0 heterocycles. The van der Waals surface area contributed by atoms with Gasteiger partial charge in [0.05, 0.1) is 0 Å². The van der Waals surface area contributed by atoms with Gasteiger partial charge in [0.1, 0.15) is 5.60 Å². The van der Waals surface area contributed by atoms with Gasteiger partial charge in [-0.15, -0.1) is 0 Å². The van der Waals surface area contributed by atoms with E-state index >= 15 is 0 Å². The number of anilines is 1. The van der Waals surface area contributed by atoms with Gasteiger partial charge in [-0.05, 0) is 51.8 Å². The number of benzene rings is 1. The summed E-state index contributed by atoms with van der Waals surface area (Å²) in [5.41, 5.74) is 2.03. The lowest BCUT2D eigenvalue weighted by Gasteiger charge is -2.19. The predicted molar refractivity (Wildman–Crippen MR) is 84.2 cm³/mol. The fraction of sp³-hybridized carbons (Fsp3) is 0.471. The molecule has 1 aromatic carbocycles. The van der Waals surface area contributed by atoms with Crippen LogP contribution in [0.2, 0.25) is 0 Å². The topological polar surface area (TPSA) is 58.6 Å².